The standard InChI is InChI=1S/C23H23N3O4S/c1-31(28,29)17-10-8-14(9-11-17)18-5-2-4-15-12-16(30-22(15)18)13-24-23(27)21-19-6-3-7-20(19)25-26-21/h2,4-5,8-11,16H,3,6-7,12-13H2,1H3,(H,24,27)(H,25,26)/t16-/m0/s1. The topological polar surface area (TPSA) is 101 Å². The van der Waals surface area contributed by atoms with Crippen molar-refractivity contribution in [1.29, 1.82) is 0 Å². The molecular formula is C23H23N3O4S. The van der Waals surface area contributed by atoms with Gasteiger partial charge < -0.3 is 10.1 Å². The number of rotatable bonds is 5. The Morgan fingerprint density at radius 3 is 2.77 bits per heavy atom. The maximum atomic E-state index is 12.6. The first kappa shape index (κ1) is 19.8. The van der Waals surface area contributed by atoms with E-state index >= 15 is 0 Å². The van der Waals surface area contributed by atoms with Crippen molar-refractivity contribution in [3.05, 3.63) is 65.0 Å². The fourth-order valence-corrected chi connectivity index (χ4v) is 4.99. The summed E-state index contributed by atoms with van der Waals surface area (Å²) in [6, 6.07) is 12.8. The Bertz CT molecular complexity index is 1260. The summed E-state index contributed by atoms with van der Waals surface area (Å²) < 4.78 is 29.6. The minimum Gasteiger partial charge on any atom is -0.487 e. The first-order chi connectivity index (χ1) is 14.9. The van der Waals surface area contributed by atoms with Crippen molar-refractivity contribution in [2.45, 2.75) is 36.7 Å². The lowest BCUT2D eigenvalue weighted by Crippen LogP contribution is -2.35. The van der Waals surface area contributed by atoms with Gasteiger partial charge in [-0.3, -0.25) is 9.89 Å². The van der Waals surface area contributed by atoms with Gasteiger partial charge in [0.2, 0.25) is 0 Å². The number of sulfone groups is 1. The highest BCUT2D eigenvalue weighted by atomic mass is 32.2. The molecule has 1 aliphatic carbocycles. The van der Waals surface area contributed by atoms with Gasteiger partial charge in [-0.15, -0.1) is 0 Å². The third kappa shape index (κ3) is 3.72. The number of aromatic nitrogens is 2. The van der Waals surface area contributed by atoms with Crippen molar-refractivity contribution in [3.63, 3.8) is 0 Å². The zero-order valence-corrected chi connectivity index (χ0v) is 18.0. The second-order valence-corrected chi connectivity index (χ2v) is 10.1. The van der Waals surface area contributed by atoms with E-state index in [0.29, 0.717) is 18.7 Å². The Balaban J connectivity index is 1.29. The second kappa shape index (κ2) is 7.53. The van der Waals surface area contributed by atoms with Gasteiger partial charge in [-0.2, -0.15) is 5.10 Å². The maximum Gasteiger partial charge on any atom is 0.272 e. The molecule has 31 heavy (non-hydrogen) atoms. The molecular weight excluding hydrogens is 414 g/mol. The molecule has 1 atom stereocenters. The van der Waals surface area contributed by atoms with Crippen LogP contribution in [-0.2, 0) is 29.1 Å². The summed E-state index contributed by atoms with van der Waals surface area (Å²) in [5.41, 5.74) is 5.48. The number of carbonyl (C=O) groups is 1. The molecule has 2 heterocycles. The van der Waals surface area contributed by atoms with E-state index in [1.807, 2.05) is 18.2 Å². The van der Waals surface area contributed by atoms with Crippen LogP contribution < -0.4 is 10.1 Å². The zero-order valence-electron chi connectivity index (χ0n) is 17.1. The van der Waals surface area contributed by atoms with E-state index < -0.39 is 9.84 Å². The van der Waals surface area contributed by atoms with Crippen LogP contribution in [0.4, 0.5) is 0 Å². The molecule has 2 aromatic carbocycles. The average Bonchev–Trinajstić information content (AvgIpc) is 3.46. The van der Waals surface area contributed by atoms with E-state index in [1.54, 1.807) is 24.3 Å². The van der Waals surface area contributed by atoms with Crippen molar-refractivity contribution in [2.75, 3.05) is 12.8 Å². The molecule has 5 rings (SSSR count). The number of ether oxygens (including phenoxy) is 1. The number of aromatic amines is 1. The molecule has 3 aromatic rings. The summed E-state index contributed by atoms with van der Waals surface area (Å²) in [5.74, 6) is 0.616. The fraction of sp³-hybridized carbons (Fsp3) is 0.304. The largest absolute Gasteiger partial charge is 0.487 e. The summed E-state index contributed by atoms with van der Waals surface area (Å²) in [5, 5.41) is 10.1. The molecule has 0 unspecified atom stereocenters. The van der Waals surface area contributed by atoms with Crippen molar-refractivity contribution >= 4 is 15.7 Å². The van der Waals surface area contributed by atoms with Gasteiger partial charge in [0.15, 0.2) is 15.5 Å². The number of benzene rings is 2. The van der Waals surface area contributed by atoms with Gasteiger partial charge >= 0.3 is 0 Å². The first-order valence-electron chi connectivity index (χ1n) is 10.3. The molecule has 1 aliphatic heterocycles. The summed E-state index contributed by atoms with van der Waals surface area (Å²) in [6.07, 6.45) is 4.62. The van der Waals surface area contributed by atoms with E-state index in [-0.39, 0.29) is 16.9 Å². The van der Waals surface area contributed by atoms with Gasteiger partial charge in [0.1, 0.15) is 11.9 Å². The summed E-state index contributed by atoms with van der Waals surface area (Å²) in [7, 11) is -3.24. The van der Waals surface area contributed by atoms with Crippen LogP contribution >= 0.6 is 0 Å². The third-order valence-corrected chi connectivity index (χ3v) is 7.06. The van der Waals surface area contributed by atoms with E-state index in [4.69, 9.17) is 4.74 Å². The number of hydrogen-bond donors (Lipinski definition) is 2. The van der Waals surface area contributed by atoms with E-state index in [9.17, 15) is 13.2 Å². The Morgan fingerprint density at radius 2 is 2.00 bits per heavy atom. The molecule has 160 valence electrons. The van der Waals surface area contributed by atoms with Gasteiger partial charge in [0.25, 0.3) is 5.91 Å². The Morgan fingerprint density at radius 1 is 1.19 bits per heavy atom. The van der Waals surface area contributed by atoms with Crippen LogP contribution in [0.2, 0.25) is 0 Å². The second-order valence-electron chi connectivity index (χ2n) is 8.13. The monoisotopic (exact) mass is 437 g/mol. The van der Waals surface area contributed by atoms with E-state index in [0.717, 1.165) is 53.0 Å². The maximum absolute atomic E-state index is 12.6. The quantitative estimate of drug-likeness (QED) is 0.639. The Labute approximate surface area is 180 Å². The van der Waals surface area contributed by atoms with E-state index in [2.05, 4.69) is 15.5 Å². The summed E-state index contributed by atoms with van der Waals surface area (Å²) in [6.45, 7) is 0.390. The number of aryl methyl sites for hydroxylation is 1. The molecule has 0 saturated heterocycles. The van der Waals surface area contributed by atoms with Crippen LogP contribution in [-0.4, -0.2) is 43.4 Å². The van der Waals surface area contributed by atoms with Crippen LogP contribution in [0.3, 0.4) is 0 Å². The van der Waals surface area contributed by atoms with Gasteiger partial charge in [0, 0.05) is 29.5 Å². The molecule has 7 nitrogen and oxygen atoms in total. The van der Waals surface area contributed by atoms with Crippen molar-refractivity contribution in [3.8, 4) is 16.9 Å². The van der Waals surface area contributed by atoms with Crippen LogP contribution in [0.15, 0.2) is 47.4 Å². The highest BCUT2D eigenvalue weighted by molar-refractivity contribution is 7.90. The lowest BCUT2D eigenvalue weighted by atomic mass is 10.0. The first-order valence-corrected chi connectivity index (χ1v) is 12.2. The van der Waals surface area contributed by atoms with Gasteiger partial charge in [-0.25, -0.2) is 8.42 Å². The number of nitrogens with zero attached hydrogens (tertiary/aromatic N) is 1. The summed E-state index contributed by atoms with van der Waals surface area (Å²) >= 11 is 0. The normalized spacial score (nSPS) is 17.1. The van der Waals surface area contributed by atoms with Crippen molar-refractivity contribution < 1.29 is 17.9 Å². The number of nitrogens with one attached hydrogen (secondary N) is 2. The smallest absolute Gasteiger partial charge is 0.272 e. The number of H-pyrrole nitrogens is 1. The molecule has 0 fully saturated rings. The molecule has 2 aliphatic rings. The van der Waals surface area contributed by atoms with Gasteiger partial charge in [0.05, 0.1) is 11.4 Å². The van der Waals surface area contributed by atoms with Crippen LogP contribution in [0.1, 0.15) is 33.7 Å². The van der Waals surface area contributed by atoms with Crippen LogP contribution in [0.5, 0.6) is 5.75 Å². The highest BCUT2D eigenvalue weighted by Crippen LogP contribution is 2.39. The number of amides is 1. The molecule has 1 aromatic heterocycles. The molecule has 0 spiro atoms. The Kier molecular flexibility index (Phi) is 4.81. The van der Waals surface area contributed by atoms with E-state index in [1.165, 1.54) is 6.26 Å². The molecule has 0 radical (unpaired) electrons. The predicted octanol–water partition coefficient (Wildman–Crippen LogP) is 2.70. The van der Waals surface area contributed by atoms with Crippen molar-refractivity contribution in [2.24, 2.45) is 0 Å². The summed E-state index contributed by atoms with van der Waals surface area (Å²) in [4.78, 5) is 12.9. The number of carbonyl (C=O) groups excluding carboxylic acids is 1. The number of fused-ring (bicyclic) bond motifs is 2. The SMILES string of the molecule is CS(=O)(=O)c1ccc(-c2cccc3c2O[C@H](CNC(=O)c2n[nH]c4c2CCC4)C3)cc1. The minimum atomic E-state index is -3.24. The number of hydrogen-bond acceptors (Lipinski definition) is 5. The van der Waals surface area contributed by atoms with Crippen LogP contribution in [0, 0.1) is 0 Å². The average molecular weight is 438 g/mol. The lowest BCUT2D eigenvalue weighted by Gasteiger charge is -2.13. The molecule has 1 amide bonds. The molecule has 8 heteroatoms. The fourth-order valence-electron chi connectivity index (χ4n) is 4.36. The Hall–Kier alpha value is -3.13. The number of para-hydroxylation sites is 1. The minimum absolute atomic E-state index is 0.164. The third-order valence-electron chi connectivity index (χ3n) is 5.93. The van der Waals surface area contributed by atoms with Gasteiger partial charge in [-0.1, -0.05) is 30.3 Å². The van der Waals surface area contributed by atoms with Crippen LogP contribution in [0.25, 0.3) is 11.1 Å². The zero-order chi connectivity index (χ0) is 21.6. The highest BCUT2D eigenvalue weighted by Gasteiger charge is 2.28. The lowest BCUT2D eigenvalue weighted by molar-refractivity contribution is 0.0927. The molecule has 0 saturated carbocycles. The van der Waals surface area contributed by atoms with Gasteiger partial charge in [-0.05, 0) is 42.5 Å². The predicted molar refractivity (Wildman–Crippen MR) is 116 cm³/mol. The van der Waals surface area contributed by atoms with Crippen molar-refractivity contribution in [1.82, 2.24) is 15.5 Å². The molecule has 2 N–H and O–H groups in total. The molecule has 0 bridgehead atoms.